The minimum atomic E-state index is -0.431. The maximum Gasteiger partial charge on any atom is 0.293 e. The molecule has 156 valence electrons. The van der Waals surface area contributed by atoms with Crippen molar-refractivity contribution in [3.05, 3.63) is 75.7 Å². The molecule has 1 heterocycles. The maximum absolute atomic E-state index is 12.5. The SMILES string of the molecule is O=C(CCN1C(=O)SC(=Cc2ccc(Cl)cc2)C1=O)NC(CO)Cc1ccccc1. The lowest BCUT2D eigenvalue weighted by molar-refractivity contribution is -0.124. The standard InChI is InChI=1S/C22H21ClN2O4S/c23-17-8-6-16(7-9-17)13-19-21(28)25(22(29)30-19)11-10-20(27)24-18(14-26)12-15-4-2-1-3-5-15/h1-9,13,18,26H,10-12,14H2,(H,24,27). The normalized spacial score (nSPS) is 16.2. The summed E-state index contributed by atoms with van der Waals surface area (Å²) in [4.78, 5) is 38.4. The van der Waals surface area contributed by atoms with Gasteiger partial charge in [0.25, 0.3) is 11.1 Å². The van der Waals surface area contributed by atoms with Gasteiger partial charge in [0.2, 0.25) is 5.91 Å². The first-order valence-corrected chi connectivity index (χ1v) is 10.6. The molecule has 0 radical (unpaired) electrons. The highest BCUT2D eigenvalue weighted by Gasteiger charge is 2.35. The van der Waals surface area contributed by atoms with E-state index in [0.29, 0.717) is 16.3 Å². The van der Waals surface area contributed by atoms with Crippen LogP contribution in [0.15, 0.2) is 59.5 Å². The molecule has 3 rings (SSSR count). The van der Waals surface area contributed by atoms with E-state index >= 15 is 0 Å². The summed E-state index contributed by atoms with van der Waals surface area (Å²) in [5, 5.41) is 12.5. The zero-order chi connectivity index (χ0) is 21.5. The number of benzene rings is 2. The van der Waals surface area contributed by atoms with Gasteiger partial charge >= 0.3 is 0 Å². The van der Waals surface area contributed by atoms with Crippen LogP contribution in [-0.4, -0.2) is 46.3 Å². The molecule has 0 spiro atoms. The number of hydrogen-bond acceptors (Lipinski definition) is 5. The molecule has 1 aliphatic heterocycles. The van der Waals surface area contributed by atoms with Gasteiger partial charge in [-0.05, 0) is 47.5 Å². The molecule has 0 saturated carbocycles. The number of nitrogens with zero attached hydrogens (tertiary/aromatic N) is 1. The predicted molar refractivity (Wildman–Crippen MR) is 118 cm³/mol. The lowest BCUT2D eigenvalue weighted by Gasteiger charge is -2.18. The summed E-state index contributed by atoms with van der Waals surface area (Å²) in [6.45, 7) is -0.218. The molecule has 6 nitrogen and oxygen atoms in total. The van der Waals surface area contributed by atoms with E-state index in [9.17, 15) is 19.5 Å². The first kappa shape index (κ1) is 22.1. The van der Waals surface area contributed by atoms with Gasteiger partial charge in [-0.25, -0.2) is 0 Å². The molecule has 1 fully saturated rings. The summed E-state index contributed by atoms with van der Waals surface area (Å²) in [5.74, 6) is -0.749. The lowest BCUT2D eigenvalue weighted by Crippen LogP contribution is -2.41. The Morgan fingerprint density at radius 1 is 1.13 bits per heavy atom. The van der Waals surface area contributed by atoms with Gasteiger partial charge in [-0.3, -0.25) is 19.3 Å². The first-order valence-electron chi connectivity index (χ1n) is 9.41. The number of imide groups is 1. The number of nitrogens with one attached hydrogen (secondary N) is 1. The molecular formula is C22H21ClN2O4S. The minimum absolute atomic E-state index is 0.0159. The van der Waals surface area contributed by atoms with Crippen molar-refractivity contribution in [2.45, 2.75) is 18.9 Å². The molecule has 2 N–H and O–H groups in total. The Balaban J connectivity index is 1.54. The van der Waals surface area contributed by atoms with Gasteiger partial charge in [0.15, 0.2) is 0 Å². The third-order valence-corrected chi connectivity index (χ3v) is 5.67. The molecule has 1 saturated heterocycles. The quantitative estimate of drug-likeness (QED) is 0.608. The molecule has 3 amide bonds. The Hall–Kier alpha value is -2.61. The van der Waals surface area contributed by atoms with E-state index in [2.05, 4.69) is 5.32 Å². The predicted octanol–water partition coefficient (Wildman–Crippen LogP) is 3.49. The van der Waals surface area contributed by atoms with Crippen LogP contribution < -0.4 is 5.32 Å². The largest absolute Gasteiger partial charge is 0.394 e. The van der Waals surface area contributed by atoms with E-state index in [4.69, 9.17) is 11.6 Å². The van der Waals surface area contributed by atoms with Gasteiger partial charge in [0, 0.05) is 18.0 Å². The summed E-state index contributed by atoms with van der Waals surface area (Å²) >= 11 is 6.70. The number of carbonyl (C=O) groups is 3. The summed E-state index contributed by atoms with van der Waals surface area (Å²) in [6, 6.07) is 16.0. The van der Waals surface area contributed by atoms with Crippen LogP contribution in [0.1, 0.15) is 17.5 Å². The maximum atomic E-state index is 12.5. The number of aliphatic hydroxyl groups excluding tert-OH is 1. The van der Waals surface area contributed by atoms with E-state index in [1.54, 1.807) is 30.3 Å². The van der Waals surface area contributed by atoms with Crippen LogP contribution in [0.2, 0.25) is 5.02 Å². The third kappa shape index (κ3) is 5.95. The summed E-state index contributed by atoms with van der Waals surface area (Å²) in [6.07, 6.45) is 2.09. The third-order valence-electron chi connectivity index (χ3n) is 4.51. The van der Waals surface area contributed by atoms with Crippen molar-refractivity contribution < 1.29 is 19.5 Å². The molecule has 1 unspecified atom stereocenters. The Morgan fingerprint density at radius 3 is 2.50 bits per heavy atom. The highest BCUT2D eigenvalue weighted by Crippen LogP contribution is 2.32. The molecule has 0 bridgehead atoms. The average Bonchev–Trinajstić information content (AvgIpc) is 3.01. The van der Waals surface area contributed by atoms with E-state index in [1.807, 2.05) is 30.3 Å². The molecule has 30 heavy (non-hydrogen) atoms. The second-order valence-electron chi connectivity index (χ2n) is 6.77. The zero-order valence-corrected chi connectivity index (χ0v) is 17.7. The molecule has 1 atom stereocenters. The van der Waals surface area contributed by atoms with Gasteiger partial charge in [-0.15, -0.1) is 0 Å². The summed E-state index contributed by atoms with van der Waals surface area (Å²) < 4.78 is 0. The van der Waals surface area contributed by atoms with Crippen LogP contribution in [0.25, 0.3) is 6.08 Å². The van der Waals surface area contributed by atoms with Gasteiger partial charge in [0.1, 0.15) is 0 Å². The van der Waals surface area contributed by atoms with Crippen LogP contribution in [-0.2, 0) is 16.0 Å². The summed E-state index contributed by atoms with van der Waals surface area (Å²) in [5.41, 5.74) is 1.75. The monoisotopic (exact) mass is 444 g/mol. The van der Waals surface area contributed by atoms with Crippen molar-refractivity contribution in [2.24, 2.45) is 0 Å². The van der Waals surface area contributed by atoms with Crippen LogP contribution in [0.4, 0.5) is 4.79 Å². The molecule has 0 aromatic heterocycles. The van der Waals surface area contributed by atoms with Crippen LogP contribution in [0.3, 0.4) is 0 Å². The van der Waals surface area contributed by atoms with E-state index < -0.39 is 17.2 Å². The van der Waals surface area contributed by atoms with Crippen molar-refractivity contribution in [3.8, 4) is 0 Å². The first-order chi connectivity index (χ1) is 14.5. The number of thioether (sulfide) groups is 1. The van der Waals surface area contributed by atoms with Crippen LogP contribution in [0.5, 0.6) is 0 Å². The topological polar surface area (TPSA) is 86.7 Å². The van der Waals surface area contributed by atoms with Crippen molar-refractivity contribution in [2.75, 3.05) is 13.2 Å². The zero-order valence-electron chi connectivity index (χ0n) is 16.1. The number of hydrogen-bond donors (Lipinski definition) is 2. The Morgan fingerprint density at radius 2 is 1.83 bits per heavy atom. The van der Waals surface area contributed by atoms with Crippen molar-refractivity contribution >= 4 is 46.5 Å². The number of rotatable bonds is 8. The number of halogens is 1. The fraction of sp³-hybridized carbons (Fsp3) is 0.227. The Kier molecular flexibility index (Phi) is 7.68. The van der Waals surface area contributed by atoms with Crippen LogP contribution >= 0.6 is 23.4 Å². The molecule has 0 aliphatic carbocycles. The van der Waals surface area contributed by atoms with Crippen molar-refractivity contribution in [1.29, 1.82) is 0 Å². The van der Waals surface area contributed by atoms with E-state index in [0.717, 1.165) is 27.8 Å². The minimum Gasteiger partial charge on any atom is -0.394 e. The molecule has 1 aliphatic rings. The average molecular weight is 445 g/mol. The van der Waals surface area contributed by atoms with Gasteiger partial charge in [0.05, 0.1) is 17.6 Å². The number of carbonyl (C=O) groups excluding carboxylic acids is 3. The highest BCUT2D eigenvalue weighted by atomic mass is 35.5. The Bertz CT molecular complexity index is 947. The molecular weight excluding hydrogens is 424 g/mol. The fourth-order valence-corrected chi connectivity index (χ4v) is 3.97. The van der Waals surface area contributed by atoms with Crippen molar-refractivity contribution in [3.63, 3.8) is 0 Å². The van der Waals surface area contributed by atoms with E-state index in [-0.39, 0.29) is 25.5 Å². The smallest absolute Gasteiger partial charge is 0.293 e. The lowest BCUT2D eigenvalue weighted by atomic mass is 10.1. The highest BCUT2D eigenvalue weighted by molar-refractivity contribution is 8.18. The number of amides is 3. The van der Waals surface area contributed by atoms with E-state index in [1.165, 1.54) is 0 Å². The van der Waals surface area contributed by atoms with Gasteiger partial charge in [-0.1, -0.05) is 54.1 Å². The summed E-state index contributed by atoms with van der Waals surface area (Å²) in [7, 11) is 0. The van der Waals surface area contributed by atoms with Crippen molar-refractivity contribution in [1.82, 2.24) is 10.2 Å². The van der Waals surface area contributed by atoms with Gasteiger partial charge in [-0.2, -0.15) is 0 Å². The van der Waals surface area contributed by atoms with Gasteiger partial charge < -0.3 is 10.4 Å². The second-order valence-corrected chi connectivity index (χ2v) is 8.20. The molecule has 2 aromatic rings. The molecule has 2 aromatic carbocycles. The Labute approximate surface area is 183 Å². The van der Waals surface area contributed by atoms with Crippen LogP contribution in [0, 0.1) is 0 Å². The fourth-order valence-electron chi connectivity index (χ4n) is 2.98. The molecule has 8 heteroatoms. The number of aliphatic hydroxyl groups is 1. The second kappa shape index (κ2) is 10.4.